The standard InChI is InChI=1S/Al.Ca.Li.Si.3H. The average molecular weight is 105 g/mol. The van der Waals surface area contributed by atoms with E-state index in [-0.39, 0.29) is 84.9 Å². The quantitative estimate of drug-likeness (QED) is 0.303. The summed E-state index contributed by atoms with van der Waals surface area (Å²) in [6.07, 6.45) is 0. The summed E-state index contributed by atoms with van der Waals surface area (Å²) in [6.45, 7) is 0. The molecule has 0 aliphatic rings. The van der Waals surface area contributed by atoms with Gasteiger partial charge in [-0.05, 0) is 0 Å². The van der Waals surface area contributed by atoms with Crippen LogP contribution < -0.4 is 0 Å². The molecule has 0 spiro atoms. The van der Waals surface area contributed by atoms with E-state index >= 15 is 0 Å². The molecule has 0 nitrogen and oxygen atoms in total. The summed E-state index contributed by atoms with van der Waals surface area (Å²) in [5.41, 5.74) is 0. The van der Waals surface area contributed by atoms with Gasteiger partial charge in [-0.2, -0.15) is 0 Å². The van der Waals surface area contributed by atoms with Crippen molar-refractivity contribution in [3.05, 3.63) is 0 Å². The molecule has 0 fully saturated rings. The zero-order chi connectivity index (χ0) is 0. The smallest absolute Gasteiger partial charge is 0 e. The molecule has 0 saturated carbocycles. The van der Waals surface area contributed by atoms with E-state index in [0.29, 0.717) is 0 Å². The van der Waals surface area contributed by atoms with Crippen LogP contribution in [0.25, 0.3) is 0 Å². The van der Waals surface area contributed by atoms with Crippen molar-refractivity contribution >= 4 is 84.9 Å². The molecule has 0 atom stereocenters. The van der Waals surface area contributed by atoms with Gasteiger partial charge in [0.05, 0.1) is 0 Å². The van der Waals surface area contributed by atoms with Gasteiger partial charge in [0.2, 0.25) is 0 Å². The van der Waals surface area contributed by atoms with Crippen molar-refractivity contribution in [1.82, 2.24) is 0 Å². The summed E-state index contributed by atoms with van der Waals surface area (Å²) < 4.78 is 0. The predicted octanol–water partition coefficient (Wildman–Crippen LogP) is -2.33. The maximum absolute atomic E-state index is 0. The van der Waals surface area contributed by atoms with Crippen LogP contribution in [0.2, 0.25) is 0 Å². The fraction of sp³-hybridized carbons (Fsp3) is 0. The van der Waals surface area contributed by atoms with Gasteiger partial charge in [-0.3, -0.25) is 0 Å². The van der Waals surface area contributed by atoms with E-state index in [1.165, 1.54) is 0 Å². The van der Waals surface area contributed by atoms with Gasteiger partial charge in [-0.25, -0.2) is 0 Å². The van der Waals surface area contributed by atoms with Crippen molar-refractivity contribution in [2.75, 3.05) is 0 Å². The van der Waals surface area contributed by atoms with Crippen LogP contribution in [-0.4, -0.2) is 84.9 Å². The van der Waals surface area contributed by atoms with E-state index in [0.717, 1.165) is 0 Å². The first-order valence-electron chi connectivity index (χ1n) is 0. The summed E-state index contributed by atoms with van der Waals surface area (Å²) in [4.78, 5) is 0. The third kappa shape index (κ3) is 8.82. The van der Waals surface area contributed by atoms with Crippen molar-refractivity contribution in [2.24, 2.45) is 0 Å². The maximum Gasteiger partial charge on any atom is 0 e. The largest absolute Gasteiger partial charge is 0 e. The van der Waals surface area contributed by atoms with E-state index in [1.54, 1.807) is 0 Å². The van der Waals surface area contributed by atoms with E-state index in [2.05, 4.69) is 0 Å². The summed E-state index contributed by atoms with van der Waals surface area (Å²) >= 11 is 0. The van der Waals surface area contributed by atoms with Crippen molar-refractivity contribution < 1.29 is 0 Å². The van der Waals surface area contributed by atoms with Gasteiger partial charge in [0.15, 0.2) is 0 Å². The number of hydrogen-bond donors (Lipinski definition) is 0. The van der Waals surface area contributed by atoms with E-state index < -0.39 is 0 Å². The van der Waals surface area contributed by atoms with Crippen LogP contribution in [0.5, 0.6) is 0 Å². The molecule has 0 amide bonds. The Bertz CT molecular complexity index is 8.00. The fourth-order valence-electron chi connectivity index (χ4n) is 0. The second-order valence-corrected chi connectivity index (χ2v) is 0. The topological polar surface area (TPSA) is 0 Å². The second kappa shape index (κ2) is 17.5. The van der Waals surface area contributed by atoms with Gasteiger partial charge < -0.3 is 0 Å². The molecule has 0 heterocycles. The molecule has 0 N–H and O–H groups in total. The monoisotopic (exact) mass is 105 g/mol. The van der Waals surface area contributed by atoms with Gasteiger partial charge in [0, 0.05) is 28.3 Å². The normalized spacial score (nSPS) is 0. The van der Waals surface area contributed by atoms with Crippen LogP contribution in [0.1, 0.15) is 0 Å². The fourth-order valence-corrected chi connectivity index (χ4v) is 0. The summed E-state index contributed by atoms with van der Waals surface area (Å²) in [6, 6.07) is 0. The first kappa shape index (κ1) is 30.6. The maximum atomic E-state index is 0. The third-order valence-electron chi connectivity index (χ3n) is 0. The predicted molar refractivity (Wildman–Crippen MR) is 27.2 cm³/mol. The van der Waals surface area contributed by atoms with Gasteiger partial charge >= 0.3 is 56.6 Å². The average Bonchev–Trinajstić information content (AvgIpc) is 0. The Balaban J connectivity index is 0. The first-order chi connectivity index (χ1) is 0. The van der Waals surface area contributed by atoms with Crippen LogP contribution in [0.15, 0.2) is 0 Å². The summed E-state index contributed by atoms with van der Waals surface area (Å²) in [7, 11) is 0. The van der Waals surface area contributed by atoms with Crippen molar-refractivity contribution in [1.29, 1.82) is 0 Å². The van der Waals surface area contributed by atoms with Gasteiger partial charge in [0.1, 0.15) is 0 Å². The SMILES string of the molecule is [Al].[CaH2].[LiH].[Si]. The van der Waals surface area contributed by atoms with E-state index in [4.69, 9.17) is 0 Å². The van der Waals surface area contributed by atoms with Gasteiger partial charge in [-0.15, -0.1) is 0 Å². The zero-order valence-corrected chi connectivity index (χ0v) is 3.23. The molecular weight excluding hydrogens is 102 g/mol. The molecule has 13 valence electrons. The van der Waals surface area contributed by atoms with Gasteiger partial charge in [-0.1, -0.05) is 0 Å². The summed E-state index contributed by atoms with van der Waals surface area (Å²) in [5.74, 6) is 0. The third-order valence-corrected chi connectivity index (χ3v) is 0. The molecule has 0 aromatic carbocycles. The Morgan fingerprint density at radius 2 is 1.00 bits per heavy atom. The minimum atomic E-state index is 0. The minimum Gasteiger partial charge on any atom is 0 e. The second-order valence-electron chi connectivity index (χ2n) is 0. The summed E-state index contributed by atoms with van der Waals surface area (Å²) in [5, 5.41) is 0. The molecule has 0 saturated heterocycles. The first-order valence-corrected chi connectivity index (χ1v) is 0. The minimum absolute atomic E-state index is 0. The van der Waals surface area contributed by atoms with Crippen molar-refractivity contribution in [3.8, 4) is 0 Å². The Hall–Kier alpha value is 2.61. The Morgan fingerprint density at radius 3 is 1.00 bits per heavy atom. The molecule has 4 heteroatoms. The molecule has 0 rings (SSSR count). The Labute approximate surface area is 83.4 Å². The Morgan fingerprint density at radius 1 is 1.00 bits per heavy atom. The number of hydrogen-bond acceptors (Lipinski definition) is 0. The van der Waals surface area contributed by atoms with Crippen LogP contribution >= 0.6 is 0 Å². The molecule has 0 aliphatic carbocycles. The molecule has 7 radical (unpaired) electrons. The molecule has 0 unspecified atom stereocenters. The molecule has 0 aromatic rings. The zero-order valence-electron chi connectivity index (χ0n) is 1.08. The van der Waals surface area contributed by atoms with Crippen molar-refractivity contribution in [2.45, 2.75) is 0 Å². The molecular formula is H3AlCaLiSi. The van der Waals surface area contributed by atoms with Crippen LogP contribution in [0.4, 0.5) is 0 Å². The number of rotatable bonds is 0. The van der Waals surface area contributed by atoms with Crippen LogP contribution in [0, 0.1) is 0 Å². The van der Waals surface area contributed by atoms with E-state index in [1.807, 2.05) is 0 Å². The molecule has 0 aromatic heterocycles. The Kier molecular flexibility index (Phi) is 134. The van der Waals surface area contributed by atoms with E-state index in [9.17, 15) is 0 Å². The molecule has 0 aliphatic heterocycles. The van der Waals surface area contributed by atoms with Crippen molar-refractivity contribution in [3.63, 3.8) is 0 Å². The van der Waals surface area contributed by atoms with Crippen LogP contribution in [0.3, 0.4) is 0 Å². The van der Waals surface area contributed by atoms with Crippen LogP contribution in [-0.2, 0) is 0 Å². The molecule has 4 heavy (non-hydrogen) atoms. The molecule has 0 bridgehead atoms. The van der Waals surface area contributed by atoms with Gasteiger partial charge in [0.25, 0.3) is 0 Å².